The van der Waals surface area contributed by atoms with Gasteiger partial charge in [0.1, 0.15) is 0 Å². The van der Waals surface area contributed by atoms with Gasteiger partial charge in [-0.3, -0.25) is 4.79 Å². The van der Waals surface area contributed by atoms with Crippen LogP contribution in [0.15, 0.2) is 53.2 Å². The summed E-state index contributed by atoms with van der Waals surface area (Å²) >= 11 is 0. The van der Waals surface area contributed by atoms with Gasteiger partial charge in [0.2, 0.25) is 0 Å². The lowest BCUT2D eigenvalue weighted by atomic mass is 10.1. The fourth-order valence-electron chi connectivity index (χ4n) is 2.33. The molecule has 0 heterocycles. The third-order valence-electron chi connectivity index (χ3n) is 3.77. The second-order valence-electron chi connectivity index (χ2n) is 5.33. The highest BCUT2D eigenvalue weighted by Gasteiger charge is 2.07. The first-order valence-electron chi connectivity index (χ1n) is 7.97. The molecule has 122 valence electrons. The van der Waals surface area contributed by atoms with Gasteiger partial charge in [0, 0.05) is 24.9 Å². The molecule has 5 heteroatoms. The van der Waals surface area contributed by atoms with Crippen LogP contribution in [0.5, 0.6) is 0 Å². The van der Waals surface area contributed by atoms with Gasteiger partial charge in [0.25, 0.3) is 0 Å². The normalized spacial score (nSPS) is 16.0. The Morgan fingerprint density at radius 3 is 2.43 bits per heavy atom. The minimum Gasteiger partial charge on any atom is -0.397 e. The first-order chi connectivity index (χ1) is 11.1. The number of benzene rings is 1. The number of ketones is 1. The summed E-state index contributed by atoms with van der Waals surface area (Å²) in [5.41, 5.74) is 8.71. The number of allylic oxidation sites excluding steroid dienone is 3. The molecule has 2 rings (SSSR count). The summed E-state index contributed by atoms with van der Waals surface area (Å²) in [4.78, 5) is 18.0. The summed E-state index contributed by atoms with van der Waals surface area (Å²) in [6.45, 7) is 8.42. The second kappa shape index (κ2) is 8.29. The van der Waals surface area contributed by atoms with Gasteiger partial charge in [0.15, 0.2) is 5.78 Å². The van der Waals surface area contributed by atoms with E-state index in [-0.39, 0.29) is 5.78 Å². The second-order valence-corrected chi connectivity index (χ2v) is 5.33. The number of nitrogens with one attached hydrogen (secondary N) is 1. The monoisotopic (exact) mass is 312 g/mol. The lowest BCUT2D eigenvalue weighted by Crippen LogP contribution is -2.28. The van der Waals surface area contributed by atoms with E-state index < -0.39 is 0 Å². The topological polar surface area (TPSA) is 70.7 Å². The van der Waals surface area contributed by atoms with Crippen LogP contribution in [0.3, 0.4) is 0 Å². The van der Waals surface area contributed by atoms with Crippen LogP contribution < -0.4 is 11.1 Å². The molecule has 0 amide bonds. The van der Waals surface area contributed by atoms with Crippen LogP contribution in [0.4, 0.5) is 11.4 Å². The van der Waals surface area contributed by atoms with Gasteiger partial charge in [-0.05, 0) is 49.5 Å². The van der Waals surface area contributed by atoms with E-state index in [9.17, 15) is 4.79 Å². The Hall–Kier alpha value is -2.40. The fraction of sp³-hybridized carbons (Fsp3) is 0.333. The summed E-state index contributed by atoms with van der Waals surface area (Å²) in [7, 11) is 0. The van der Waals surface area contributed by atoms with E-state index in [1.807, 2.05) is 24.3 Å². The van der Waals surface area contributed by atoms with Gasteiger partial charge < -0.3 is 16.0 Å². The number of anilines is 1. The van der Waals surface area contributed by atoms with Crippen molar-refractivity contribution in [2.24, 2.45) is 10.7 Å². The van der Waals surface area contributed by atoms with Crippen LogP contribution in [0.25, 0.3) is 0 Å². The zero-order valence-corrected chi connectivity index (χ0v) is 13.7. The average molecular weight is 312 g/mol. The molecule has 0 spiro atoms. The van der Waals surface area contributed by atoms with Crippen LogP contribution in [-0.4, -0.2) is 42.6 Å². The van der Waals surface area contributed by atoms with Crippen molar-refractivity contribution in [1.29, 1.82) is 0 Å². The molecule has 0 unspecified atom stereocenters. The number of rotatable bonds is 7. The molecule has 1 aromatic rings. The minimum atomic E-state index is -0.103. The van der Waals surface area contributed by atoms with Gasteiger partial charge in [-0.15, -0.1) is 0 Å². The van der Waals surface area contributed by atoms with Crippen LogP contribution in [0.2, 0.25) is 0 Å². The maximum absolute atomic E-state index is 11.2. The fourth-order valence-corrected chi connectivity index (χ4v) is 2.33. The van der Waals surface area contributed by atoms with Crippen LogP contribution in [0, 0.1) is 0 Å². The van der Waals surface area contributed by atoms with Crippen molar-refractivity contribution < 1.29 is 4.79 Å². The highest BCUT2D eigenvalue weighted by atomic mass is 16.1. The van der Waals surface area contributed by atoms with E-state index in [4.69, 9.17) is 5.73 Å². The number of carbonyl (C=O) groups is 1. The number of carbonyl (C=O) groups excluding carboxylic acids is 1. The molecule has 0 atom stereocenters. The standard InChI is InChI=1S/C18H24N4O/c1-3-22(4-2)12-11-20-14-5-7-15(8-6-14)21-18-10-9-16(23)13-17(18)19/h5-10,13,20H,3-4,11-12,19H2,1-2H3. The molecule has 0 fully saturated rings. The number of likely N-dealkylation sites (N-methyl/N-ethyl adjacent to an activating group) is 1. The Kier molecular flexibility index (Phi) is 6.11. The van der Waals surface area contributed by atoms with Crippen molar-refractivity contribution in [3.05, 3.63) is 48.2 Å². The van der Waals surface area contributed by atoms with Crippen LogP contribution >= 0.6 is 0 Å². The summed E-state index contributed by atoms with van der Waals surface area (Å²) in [5, 5.41) is 3.40. The predicted molar refractivity (Wildman–Crippen MR) is 96.2 cm³/mol. The van der Waals surface area contributed by atoms with E-state index in [1.165, 1.54) is 12.2 Å². The largest absolute Gasteiger partial charge is 0.397 e. The average Bonchev–Trinajstić information content (AvgIpc) is 2.56. The number of aliphatic imine (C=N–C) groups is 1. The summed E-state index contributed by atoms with van der Waals surface area (Å²) in [5.74, 6) is -0.103. The van der Waals surface area contributed by atoms with Crippen LogP contribution in [0.1, 0.15) is 13.8 Å². The van der Waals surface area contributed by atoms with E-state index in [1.54, 1.807) is 6.08 Å². The lowest BCUT2D eigenvalue weighted by Gasteiger charge is -2.18. The maximum atomic E-state index is 11.2. The molecule has 0 aliphatic heterocycles. The van der Waals surface area contributed by atoms with Crippen molar-refractivity contribution in [1.82, 2.24) is 4.90 Å². The van der Waals surface area contributed by atoms with E-state index in [0.717, 1.165) is 37.6 Å². The van der Waals surface area contributed by atoms with E-state index >= 15 is 0 Å². The third kappa shape index (κ3) is 5.07. The number of nitrogens with zero attached hydrogens (tertiary/aromatic N) is 2. The highest BCUT2D eigenvalue weighted by molar-refractivity contribution is 6.19. The zero-order valence-electron chi connectivity index (χ0n) is 13.7. The maximum Gasteiger partial charge on any atom is 0.180 e. The Morgan fingerprint density at radius 1 is 1.13 bits per heavy atom. The summed E-state index contributed by atoms with van der Waals surface area (Å²) in [6.07, 6.45) is 4.51. The van der Waals surface area contributed by atoms with Gasteiger partial charge in [-0.25, -0.2) is 4.99 Å². The molecule has 0 bridgehead atoms. The van der Waals surface area contributed by atoms with E-state index in [2.05, 4.69) is 29.1 Å². The smallest absolute Gasteiger partial charge is 0.180 e. The van der Waals surface area contributed by atoms with Gasteiger partial charge in [-0.2, -0.15) is 0 Å². The molecule has 3 N–H and O–H groups in total. The Balaban J connectivity index is 1.94. The number of hydrogen-bond acceptors (Lipinski definition) is 5. The van der Waals surface area contributed by atoms with Crippen molar-refractivity contribution in [3.8, 4) is 0 Å². The first-order valence-corrected chi connectivity index (χ1v) is 7.97. The number of hydrogen-bond donors (Lipinski definition) is 2. The Labute approximate surface area is 137 Å². The predicted octanol–water partition coefficient (Wildman–Crippen LogP) is 2.49. The first kappa shape index (κ1) is 17.0. The molecule has 0 radical (unpaired) electrons. The molecule has 0 saturated carbocycles. The molecule has 0 aromatic heterocycles. The molecule has 5 nitrogen and oxygen atoms in total. The summed E-state index contributed by atoms with van der Waals surface area (Å²) in [6, 6.07) is 7.87. The van der Waals surface area contributed by atoms with Gasteiger partial charge in [0.05, 0.1) is 17.1 Å². The summed E-state index contributed by atoms with van der Waals surface area (Å²) < 4.78 is 0. The van der Waals surface area contributed by atoms with Gasteiger partial charge in [-0.1, -0.05) is 13.8 Å². The highest BCUT2D eigenvalue weighted by Crippen LogP contribution is 2.18. The quantitative estimate of drug-likeness (QED) is 0.759. The van der Waals surface area contributed by atoms with Crippen molar-refractivity contribution in [2.75, 3.05) is 31.5 Å². The van der Waals surface area contributed by atoms with Crippen molar-refractivity contribution in [2.45, 2.75) is 13.8 Å². The Bertz CT molecular complexity index is 625. The molecule has 1 aromatic carbocycles. The molecule has 0 saturated heterocycles. The lowest BCUT2D eigenvalue weighted by molar-refractivity contribution is -0.110. The van der Waals surface area contributed by atoms with Crippen LogP contribution in [-0.2, 0) is 4.79 Å². The SMILES string of the molecule is CCN(CC)CCNc1ccc(N=C2C=CC(=O)C=C2N)cc1. The molecule has 1 aliphatic rings. The van der Waals surface area contributed by atoms with E-state index in [0.29, 0.717) is 11.4 Å². The third-order valence-corrected chi connectivity index (χ3v) is 3.77. The Morgan fingerprint density at radius 2 is 1.83 bits per heavy atom. The zero-order chi connectivity index (χ0) is 16.7. The molecule has 23 heavy (non-hydrogen) atoms. The van der Waals surface area contributed by atoms with Crippen molar-refractivity contribution >= 4 is 22.9 Å². The molecular formula is C18H24N4O. The van der Waals surface area contributed by atoms with Crippen molar-refractivity contribution in [3.63, 3.8) is 0 Å². The minimum absolute atomic E-state index is 0.103. The molecular weight excluding hydrogens is 288 g/mol. The molecule has 1 aliphatic carbocycles. The number of nitrogens with two attached hydrogens (primary N) is 1. The van der Waals surface area contributed by atoms with Gasteiger partial charge >= 0.3 is 0 Å².